The largest absolute Gasteiger partial charge is 0.320 e. The number of hydrogen-bond donors (Lipinski definition) is 1. The second-order valence-electron chi connectivity index (χ2n) is 4.35. The Labute approximate surface area is 109 Å². The Balaban J connectivity index is 2.28. The van der Waals surface area contributed by atoms with Gasteiger partial charge in [-0.1, -0.05) is 12.1 Å². The standard InChI is InChI=1S/C13H12FN3O2/c14-12-8(6-15)2-1-3-9(12)7-17-11(18)5-4-10(16)13(17)19/h1-3,10H,4-5,7,16H2. The van der Waals surface area contributed by atoms with Gasteiger partial charge in [-0.2, -0.15) is 5.26 Å². The predicted octanol–water partition coefficient (Wildman–Crippen LogP) is 0.674. The molecule has 0 bridgehead atoms. The maximum atomic E-state index is 13.9. The van der Waals surface area contributed by atoms with E-state index >= 15 is 0 Å². The van der Waals surface area contributed by atoms with Crippen molar-refractivity contribution in [3.05, 3.63) is 35.1 Å². The van der Waals surface area contributed by atoms with Crippen molar-refractivity contribution in [1.82, 2.24) is 4.90 Å². The number of piperidine rings is 1. The molecule has 0 radical (unpaired) electrons. The van der Waals surface area contributed by atoms with E-state index in [9.17, 15) is 14.0 Å². The number of halogens is 1. The molecule has 2 rings (SSSR count). The Morgan fingerprint density at radius 3 is 2.89 bits per heavy atom. The average Bonchev–Trinajstić information content (AvgIpc) is 2.41. The van der Waals surface area contributed by atoms with E-state index in [1.165, 1.54) is 18.2 Å². The van der Waals surface area contributed by atoms with Crippen molar-refractivity contribution in [3.63, 3.8) is 0 Å². The summed E-state index contributed by atoms with van der Waals surface area (Å²) >= 11 is 0. The SMILES string of the molecule is N#Cc1cccc(CN2C(=O)CCC(N)C2=O)c1F. The van der Waals surface area contributed by atoms with Gasteiger partial charge in [-0.3, -0.25) is 14.5 Å². The van der Waals surface area contributed by atoms with Crippen LogP contribution in [0.5, 0.6) is 0 Å². The van der Waals surface area contributed by atoms with Crippen LogP contribution in [0.2, 0.25) is 0 Å². The third-order valence-electron chi connectivity index (χ3n) is 3.08. The average molecular weight is 261 g/mol. The van der Waals surface area contributed by atoms with Gasteiger partial charge in [0.1, 0.15) is 11.9 Å². The molecular formula is C13H12FN3O2. The minimum absolute atomic E-state index is 0.112. The molecule has 98 valence electrons. The Bertz CT molecular complexity index is 580. The second kappa shape index (κ2) is 5.16. The summed E-state index contributed by atoms with van der Waals surface area (Å²) in [5.41, 5.74) is 5.61. The van der Waals surface area contributed by atoms with Crippen LogP contribution in [0.25, 0.3) is 0 Å². The number of likely N-dealkylation sites (tertiary alicyclic amines) is 1. The van der Waals surface area contributed by atoms with Gasteiger partial charge >= 0.3 is 0 Å². The summed E-state index contributed by atoms with van der Waals surface area (Å²) in [4.78, 5) is 24.4. The Morgan fingerprint density at radius 1 is 1.47 bits per heavy atom. The molecule has 6 heteroatoms. The van der Waals surface area contributed by atoms with Gasteiger partial charge in [-0.25, -0.2) is 4.39 Å². The van der Waals surface area contributed by atoms with Crippen molar-refractivity contribution in [3.8, 4) is 6.07 Å². The van der Waals surface area contributed by atoms with Crippen LogP contribution in [0.4, 0.5) is 4.39 Å². The van der Waals surface area contributed by atoms with E-state index in [1.807, 2.05) is 0 Å². The zero-order chi connectivity index (χ0) is 14.0. The first-order chi connectivity index (χ1) is 9.04. The molecule has 1 aromatic rings. The third-order valence-corrected chi connectivity index (χ3v) is 3.08. The number of carbonyl (C=O) groups is 2. The topological polar surface area (TPSA) is 87.2 Å². The quantitative estimate of drug-likeness (QED) is 0.793. The molecule has 1 fully saturated rings. The lowest BCUT2D eigenvalue weighted by Gasteiger charge is -2.28. The van der Waals surface area contributed by atoms with E-state index < -0.39 is 17.8 Å². The van der Waals surface area contributed by atoms with Gasteiger partial charge in [0.25, 0.3) is 0 Å². The van der Waals surface area contributed by atoms with Gasteiger partial charge in [0.2, 0.25) is 11.8 Å². The minimum Gasteiger partial charge on any atom is -0.320 e. The van der Waals surface area contributed by atoms with Crippen molar-refractivity contribution in [1.29, 1.82) is 5.26 Å². The summed E-state index contributed by atoms with van der Waals surface area (Å²) in [5, 5.41) is 8.74. The van der Waals surface area contributed by atoms with Gasteiger partial charge < -0.3 is 5.73 Å². The molecule has 1 atom stereocenters. The Kier molecular flexibility index (Phi) is 3.58. The van der Waals surface area contributed by atoms with Gasteiger partial charge in [-0.05, 0) is 12.5 Å². The molecule has 1 aromatic carbocycles. The molecule has 2 N–H and O–H groups in total. The van der Waals surface area contributed by atoms with Crippen molar-refractivity contribution in [2.75, 3.05) is 0 Å². The molecule has 1 saturated heterocycles. The van der Waals surface area contributed by atoms with Gasteiger partial charge in [-0.15, -0.1) is 0 Å². The lowest BCUT2D eigenvalue weighted by molar-refractivity contribution is -0.149. The molecule has 2 amide bonds. The Morgan fingerprint density at radius 2 is 2.21 bits per heavy atom. The summed E-state index contributed by atoms with van der Waals surface area (Å²) in [6.45, 7) is -0.188. The summed E-state index contributed by atoms with van der Waals surface area (Å²) in [6.07, 6.45) is 0.487. The number of amides is 2. The number of benzene rings is 1. The zero-order valence-electron chi connectivity index (χ0n) is 10.1. The normalized spacial score (nSPS) is 19.4. The van der Waals surface area contributed by atoms with E-state index in [-0.39, 0.29) is 30.0 Å². The van der Waals surface area contributed by atoms with Crippen LogP contribution in [0, 0.1) is 17.1 Å². The number of nitrogens with two attached hydrogens (primary N) is 1. The third kappa shape index (κ3) is 2.46. The number of rotatable bonds is 2. The highest BCUT2D eigenvalue weighted by atomic mass is 19.1. The molecule has 5 nitrogen and oxygen atoms in total. The Hall–Kier alpha value is -2.26. The fraction of sp³-hybridized carbons (Fsp3) is 0.308. The molecule has 0 aromatic heterocycles. The molecule has 1 unspecified atom stereocenters. The van der Waals surface area contributed by atoms with Crippen molar-refractivity contribution >= 4 is 11.8 Å². The first-order valence-corrected chi connectivity index (χ1v) is 5.82. The fourth-order valence-electron chi connectivity index (χ4n) is 1.99. The van der Waals surface area contributed by atoms with Crippen LogP contribution in [-0.2, 0) is 16.1 Å². The number of hydrogen-bond acceptors (Lipinski definition) is 4. The zero-order valence-corrected chi connectivity index (χ0v) is 10.1. The molecule has 0 saturated carbocycles. The van der Waals surface area contributed by atoms with Crippen molar-refractivity contribution in [2.45, 2.75) is 25.4 Å². The summed E-state index contributed by atoms with van der Waals surface area (Å²) in [5.74, 6) is -1.57. The second-order valence-corrected chi connectivity index (χ2v) is 4.35. The van der Waals surface area contributed by atoms with Crippen LogP contribution in [0.15, 0.2) is 18.2 Å². The van der Waals surface area contributed by atoms with Gasteiger partial charge in [0.15, 0.2) is 0 Å². The summed E-state index contributed by atoms with van der Waals surface area (Å²) in [7, 11) is 0. The first-order valence-electron chi connectivity index (χ1n) is 5.82. The number of carbonyl (C=O) groups excluding carboxylic acids is 2. The van der Waals surface area contributed by atoms with Crippen LogP contribution < -0.4 is 5.73 Å². The summed E-state index contributed by atoms with van der Waals surface area (Å²) < 4.78 is 13.9. The highest BCUT2D eigenvalue weighted by molar-refractivity contribution is 6.00. The van der Waals surface area contributed by atoms with E-state index in [4.69, 9.17) is 11.0 Å². The maximum absolute atomic E-state index is 13.9. The van der Waals surface area contributed by atoms with Crippen molar-refractivity contribution < 1.29 is 14.0 Å². The van der Waals surface area contributed by atoms with Crippen LogP contribution in [-0.4, -0.2) is 22.8 Å². The number of nitriles is 1. The molecule has 0 aliphatic carbocycles. The number of imide groups is 1. The van der Waals surface area contributed by atoms with E-state index in [1.54, 1.807) is 6.07 Å². The first kappa shape index (κ1) is 13.2. The molecule has 1 aliphatic heterocycles. The van der Waals surface area contributed by atoms with E-state index in [0.717, 1.165) is 4.90 Å². The lowest BCUT2D eigenvalue weighted by Crippen LogP contribution is -2.50. The van der Waals surface area contributed by atoms with Crippen LogP contribution in [0.1, 0.15) is 24.0 Å². The molecule has 1 aliphatic rings. The van der Waals surface area contributed by atoms with E-state index in [2.05, 4.69) is 0 Å². The van der Waals surface area contributed by atoms with Crippen molar-refractivity contribution in [2.24, 2.45) is 5.73 Å². The van der Waals surface area contributed by atoms with Gasteiger partial charge in [0.05, 0.1) is 18.2 Å². The fourth-order valence-corrected chi connectivity index (χ4v) is 1.99. The maximum Gasteiger partial charge on any atom is 0.246 e. The van der Waals surface area contributed by atoms with Gasteiger partial charge in [0, 0.05) is 12.0 Å². The predicted molar refractivity (Wildman–Crippen MR) is 63.9 cm³/mol. The monoisotopic (exact) mass is 261 g/mol. The lowest BCUT2D eigenvalue weighted by atomic mass is 10.0. The van der Waals surface area contributed by atoms with Crippen LogP contribution >= 0.6 is 0 Å². The molecule has 0 spiro atoms. The highest BCUT2D eigenvalue weighted by Crippen LogP contribution is 2.18. The summed E-state index contributed by atoms with van der Waals surface area (Å²) in [6, 6.07) is 5.28. The number of nitrogens with zero attached hydrogens (tertiary/aromatic N) is 2. The van der Waals surface area contributed by atoms with Crippen LogP contribution in [0.3, 0.4) is 0 Å². The molecular weight excluding hydrogens is 249 g/mol. The minimum atomic E-state index is -0.722. The molecule has 1 heterocycles. The van der Waals surface area contributed by atoms with E-state index in [0.29, 0.717) is 6.42 Å². The highest BCUT2D eigenvalue weighted by Gasteiger charge is 2.32. The molecule has 19 heavy (non-hydrogen) atoms. The smallest absolute Gasteiger partial charge is 0.246 e.